The van der Waals surface area contributed by atoms with Crippen LogP contribution in [0.25, 0.3) is 0 Å². The van der Waals surface area contributed by atoms with Crippen molar-refractivity contribution in [1.82, 2.24) is 0 Å². The van der Waals surface area contributed by atoms with Crippen LogP contribution in [-0.2, 0) is 9.53 Å². The lowest BCUT2D eigenvalue weighted by atomic mass is 10.1. The zero-order valence-electron chi connectivity index (χ0n) is 15.6. The molecule has 0 aliphatic rings. The number of carbonyl (C=O) groups is 3. The normalized spacial score (nSPS) is 9.96. The Kier molecular flexibility index (Phi) is 6.80. The van der Waals surface area contributed by atoms with Crippen molar-refractivity contribution in [2.45, 2.75) is 0 Å². The van der Waals surface area contributed by atoms with Gasteiger partial charge in [0, 0.05) is 12.1 Å². The van der Waals surface area contributed by atoms with Gasteiger partial charge in [0.05, 0.1) is 32.6 Å². The highest BCUT2D eigenvalue weighted by atomic mass is 16.5. The second-order valence-electron chi connectivity index (χ2n) is 5.44. The van der Waals surface area contributed by atoms with Crippen LogP contribution >= 0.6 is 0 Å². The van der Waals surface area contributed by atoms with Crippen LogP contribution in [0, 0.1) is 0 Å². The highest BCUT2D eigenvalue weighted by Crippen LogP contribution is 2.34. The molecule has 0 fully saturated rings. The second kappa shape index (κ2) is 9.26. The summed E-state index contributed by atoms with van der Waals surface area (Å²) >= 11 is 0. The van der Waals surface area contributed by atoms with E-state index in [4.69, 9.17) is 24.7 Å². The number of primary amides is 1. The van der Waals surface area contributed by atoms with Crippen molar-refractivity contribution >= 4 is 23.5 Å². The van der Waals surface area contributed by atoms with Gasteiger partial charge < -0.3 is 30.0 Å². The molecule has 0 saturated carbocycles. The number of amides is 2. The van der Waals surface area contributed by atoms with Gasteiger partial charge in [0.2, 0.25) is 0 Å². The van der Waals surface area contributed by atoms with Gasteiger partial charge in [-0.1, -0.05) is 12.1 Å². The van der Waals surface area contributed by atoms with Gasteiger partial charge in [-0.25, -0.2) is 4.79 Å². The van der Waals surface area contributed by atoms with E-state index in [1.54, 1.807) is 12.1 Å². The van der Waals surface area contributed by atoms with Crippen molar-refractivity contribution in [1.29, 1.82) is 0 Å². The molecule has 2 aromatic rings. The Bertz CT molecular complexity index is 896. The highest BCUT2D eigenvalue weighted by Gasteiger charge is 2.20. The molecule has 9 nitrogen and oxygen atoms in total. The molecule has 0 aromatic heterocycles. The monoisotopic (exact) mass is 388 g/mol. The Morgan fingerprint density at radius 2 is 1.50 bits per heavy atom. The van der Waals surface area contributed by atoms with Gasteiger partial charge in [0.25, 0.3) is 11.8 Å². The molecule has 0 unspecified atom stereocenters. The van der Waals surface area contributed by atoms with E-state index in [1.165, 1.54) is 45.6 Å². The minimum atomic E-state index is -0.795. The van der Waals surface area contributed by atoms with Crippen molar-refractivity contribution in [3.8, 4) is 17.2 Å². The average molecular weight is 388 g/mol. The molecule has 148 valence electrons. The van der Waals surface area contributed by atoms with Crippen molar-refractivity contribution in [3.05, 3.63) is 47.5 Å². The lowest BCUT2D eigenvalue weighted by Gasteiger charge is -2.14. The number of para-hydroxylation sites is 1. The number of nitrogens with two attached hydrogens (primary N) is 1. The Labute approximate surface area is 161 Å². The van der Waals surface area contributed by atoms with Gasteiger partial charge >= 0.3 is 5.97 Å². The second-order valence-corrected chi connectivity index (χ2v) is 5.44. The average Bonchev–Trinajstić information content (AvgIpc) is 2.71. The zero-order chi connectivity index (χ0) is 20.7. The number of carbonyl (C=O) groups excluding carboxylic acids is 3. The maximum Gasteiger partial charge on any atom is 0.342 e. The first kappa shape index (κ1) is 20.6. The van der Waals surface area contributed by atoms with E-state index in [2.05, 4.69) is 5.32 Å². The molecule has 2 aromatic carbocycles. The van der Waals surface area contributed by atoms with Crippen LogP contribution in [0.3, 0.4) is 0 Å². The molecule has 28 heavy (non-hydrogen) atoms. The summed E-state index contributed by atoms with van der Waals surface area (Å²) in [5.74, 6) is -1.26. The fraction of sp³-hybridized carbons (Fsp3) is 0.211. The number of benzene rings is 2. The molecule has 0 aliphatic heterocycles. The molecule has 0 radical (unpaired) electrons. The van der Waals surface area contributed by atoms with Gasteiger partial charge in [0.1, 0.15) is 11.3 Å². The van der Waals surface area contributed by atoms with E-state index in [0.717, 1.165) is 0 Å². The molecule has 0 bridgehead atoms. The summed E-state index contributed by atoms with van der Waals surface area (Å²) < 4.78 is 20.5. The standard InChI is InChI=1S/C19H20N2O7/c1-25-14-9-16(27-3)15(26-2)8-12(14)19(24)28-10-17(22)21-13-7-5-4-6-11(13)18(20)23/h4-9H,10H2,1-3H3,(H2,20,23)(H,21,22). The molecule has 0 spiro atoms. The van der Waals surface area contributed by atoms with Gasteiger partial charge in [0.15, 0.2) is 18.1 Å². The van der Waals surface area contributed by atoms with Crippen LogP contribution in [0.1, 0.15) is 20.7 Å². The van der Waals surface area contributed by atoms with E-state index in [9.17, 15) is 14.4 Å². The van der Waals surface area contributed by atoms with Gasteiger partial charge in [-0.3, -0.25) is 9.59 Å². The third kappa shape index (κ3) is 4.70. The number of hydrogen-bond donors (Lipinski definition) is 2. The van der Waals surface area contributed by atoms with Crippen molar-refractivity contribution in [2.75, 3.05) is 33.3 Å². The summed E-state index contributed by atoms with van der Waals surface area (Å²) in [4.78, 5) is 35.8. The fourth-order valence-corrected chi connectivity index (χ4v) is 2.39. The topological polar surface area (TPSA) is 126 Å². The van der Waals surface area contributed by atoms with Crippen molar-refractivity contribution in [2.24, 2.45) is 5.73 Å². The fourth-order valence-electron chi connectivity index (χ4n) is 2.39. The minimum Gasteiger partial charge on any atom is -0.496 e. The number of esters is 1. The molecule has 0 heterocycles. The third-order valence-corrected chi connectivity index (χ3v) is 3.73. The maximum absolute atomic E-state index is 12.4. The van der Waals surface area contributed by atoms with Crippen LogP contribution < -0.4 is 25.3 Å². The predicted molar refractivity (Wildman–Crippen MR) is 100.0 cm³/mol. The first-order chi connectivity index (χ1) is 13.4. The number of nitrogens with one attached hydrogen (secondary N) is 1. The van der Waals surface area contributed by atoms with Crippen molar-refractivity contribution in [3.63, 3.8) is 0 Å². The van der Waals surface area contributed by atoms with Crippen LogP contribution in [0.5, 0.6) is 17.2 Å². The molecule has 3 N–H and O–H groups in total. The SMILES string of the molecule is COc1cc(OC)c(C(=O)OCC(=O)Nc2ccccc2C(N)=O)cc1OC. The quantitative estimate of drug-likeness (QED) is 0.658. The van der Waals surface area contributed by atoms with E-state index in [-0.39, 0.29) is 22.6 Å². The molecule has 0 aliphatic carbocycles. The molecule has 9 heteroatoms. The summed E-state index contributed by atoms with van der Waals surface area (Å²) in [6.07, 6.45) is 0. The van der Waals surface area contributed by atoms with Crippen molar-refractivity contribution < 1.29 is 33.3 Å². The number of rotatable bonds is 8. The smallest absolute Gasteiger partial charge is 0.342 e. The summed E-state index contributed by atoms with van der Waals surface area (Å²) in [5, 5.41) is 2.48. The lowest BCUT2D eigenvalue weighted by molar-refractivity contribution is -0.119. The van der Waals surface area contributed by atoms with Crippen LogP contribution in [0.2, 0.25) is 0 Å². The van der Waals surface area contributed by atoms with E-state index in [1.807, 2.05) is 0 Å². The van der Waals surface area contributed by atoms with E-state index >= 15 is 0 Å². The summed E-state index contributed by atoms with van der Waals surface area (Å²) in [5.41, 5.74) is 5.68. The molecule has 2 rings (SSSR count). The van der Waals surface area contributed by atoms with Gasteiger partial charge in [-0.2, -0.15) is 0 Å². The summed E-state index contributed by atoms with van der Waals surface area (Å²) in [6, 6.07) is 9.08. The number of methoxy groups -OCH3 is 3. The first-order valence-corrected chi connectivity index (χ1v) is 8.07. The van der Waals surface area contributed by atoms with Crippen LogP contribution in [0.4, 0.5) is 5.69 Å². The summed E-state index contributed by atoms with van der Waals surface area (Å²) in [7, 11) is 4.25. The molecule has 0 atom stereocenters. The third-order valence-electron chi connectivity index (χ3n) is 3.73. The predicted octanol–water partition coefficient (Wildman–Crippen LogP) is 1.61. The first-order valence-electron chi connectivity index (χ1n) is 8.07. The maximum atomic E-state index is 12.4. The van der Waals surface area contributed by atoms with E-state index in [0.29, 0.717) is 11.5 Å². The van der Waals surface area contributed by atoms with Gasteiger partial charge in [-0.15, -0.1) is 0 Å². The number of hydrogen-bond acceptors (Lipinski definition) is 7. The minimum absolute atomic E-state index is 0.0606. The Morgan fingerprint density at radius 3 is 2.11 bits per heavy atom. The zero-order valence-corrected chi connectivity index (χ0v) is 15.6. The molecular formula is C19H20N2O7. The van der Waals surface area contributed by atoms with Gasteiger partial charge in [-0.05, 0) is 12.1 Å². The lowest BCUT2D eigenvalue weighted by Crippen LogP contribution is -2.23. The molecular weight excluding hydrogens is 368 g/mol. The number of anilines is 1. The highest BCUT2D eigenvalue weighted by molar-refractivity contribution is 6.04. The molecule has 2 amide bonds. The Morgan fingerprint density at radius 1 is 0.893 bits per heavy atom. The Balaban J connectivity index is 2.10. The summed E-state index contributed by atoms with van der Waals surface area (Å²) in [6.45, 7) is -0.580. The molecule has 0 saturated heterocycles. The number of ether oxygens (including phenoxy) is 4. The van der Waals surface area contributed by atoms with Crippen LogP contribution in [-0.4, -0.2) is 45.7 Å². The van der Waals surface area contributed by atoms with Crippen LogP contribution in [0.15, 0.2) is 36.4 Å². The Hall–Kier alpha value is -3.75. The van der Waals surface area contributed by atoms with E-state index < -0.39 is 24.4 Å². The largest absolute Gasteiger partial charge is 0.496 e.